The Bertz CT molecular complexity index is 1070. The first-order valence-electron chi connectivity index (χ1n) is 10.8. The summed E-state index contributed by atoms with van der Waals surface area (Å²) in [5.41, 5.74) is 7.59. The number of piperazine rings is 1. The van der Waals surface area contributed by atoms with Crippen molar-refractivity contribution < 1.29 is 13.2 Å². The molecule has 0 aromatic heterocycles. The minimum Gasteiger partial charge on any atom is -0.325 e. The lowest BCUT2D eigenvalue weighted by molar-refractivity contribution is -0.117. The average molecular weight is 478 g/mol. The first-order valence-corrected chi connectivity index (χ1v) is 12.6. The third-order valence-corrected chi connectivity index (χ3v) is 8.12. The fraction of sp³-hybridized carbons (Fsp3) is 0.409. The third-order valence-electron chi connectivity index (χ3n) is 5.99. The molecule has 0 radical (unpaired) electrons. The van der Waals surface area contributed by atoms with Crippen LogP contribution in [0.15, 0.2) is 53.4 Å². The van der Waals surface area contributed by atoms with Gasteiger partial charge in [-0.2, -0.15) is 4.31 Å². The zero-order valence-electron chi connectivity index (χ0n) is 17.9. The first-order chi connectivity index (χ1) is 15.4. The summed E-state index contributed by atoms with van der Waals surface area (Å²) in [5, 5.41) is 3.48. The third kappa shape index (κ3) is 5.14. The minimum atomic E-state index is -3.60. The van der Waals surface area contributed by atoms with E-state index in [0.29, 0.717) is 30.2 Å². The lowest BCUT2D eigenvalue weighted by Crippen LogP contribution is -2.48. The molecule has 32 heavy (non-hydrogen) atoms. The van der Waals surface area contributed by atoms with E-state index >= 15 is 0 Å². The maximum Gasteiger partial charge on any atom is 0.243 e. The Morgan fingerprint density at radius 1 is 1.09 bits per heavy atom. The standard InChI is InChI=1S/C22H28ClN5O3S/c1-2-27-9-11-28(12-10-27)32(30,31)19-8-4-7-18(14-19)24-22(29)21-15-20(25-26-21)16-5-3-6-17(23)13-16/h3-8,13-14,20-21,25-26H,2,9-12,15H2,1H3,(H,24,29). The first kappa shape index (κ1) is 23.2. The van der Waals surface area contributed by atoms with Crippen LogP contribution in [0, 0.1) is 0 Å². The molecule has 2 unspecified atom stereocenters. The highest BCUT2D eigenvalue weighted by molar-refractivity contribution is 7.89. The summed E-state index contributed by atoms with van der Waals surface area (Å²) < 4.78 is 27.6. The molecule has 0 spiro atoms. The van der Waals surface area contributed by atoms with Crippen LogP contribution in [0.4, 0.5) is 5.69 Å². The van der Waals surface area contributed by atoms with Gasteiger partial charge in [-0.25, -0.2) is 19.3 Å². The average Bonchev–Trinajstić information content (AvgIpc) is 3.30. The lowest BCUT2D eigenvalue weighted by atomic mass is 10.0. The van der Waals surface area contributed by atoms with Crippen molar-refractivity contribution in [3.05, 3.63) is 59.1 Å². The van der Waals surface area contributed by atoms with Crippen molar-refractivity contribution in [2.24, 2.45) is 0 Å². The molecule has 172 valence electrons. The number of carbonyl (C=O) groups is 1. The Hall–Kier alpha value is -2.01. The van der Waals surface area contributed by atoms with Gasteiger partial charge in [-0.05, 0) is 48.9 Å². The predicted molar refractivity (Wildman–Crippen MR) is 125 cm³/mol. The second-order valence-corrected chi connectivity index (χ2v) is 10.4. The molecule has 2 heterocycles. The van der Waals surface area contributed by atoms with Crippen LogP contribution >= 0.6 is 11.6 Å². The molecule has 2 atom stereocenters. The van der Waals surface area contributed by atoms with E-state index in [1.165, 1.54) is 10.4 Å². The number of hydrazine groups is 1. The summed E-state index contributed by atoms with van der Waals surface area (Å²) in [5.74, 6) is -0.229. The predicted octanol–water partition coefficient (Wildman–Crippen LogP) is 2.21. The summed E-state index contributed by atoms with van der Waals surface area (Å²) >= 11 is 6.07. The number of nitrogens with zero attached hydrogens (tertiary/aromatic N) is 2. The van der Waals surface area contributed by atoms with Crippen LogP contribution in [0.25, 0.3) is 0 Å². The molecule has 0 aliphatic carbocycles. The maximum atomic E-state index is 13.1. The normalized spacial score (nSPS) is 22.7. The van der Waals surface area contributed by atoms with E-state index in [4.69, 9.17) is 11.6 Å². The summed E-state index contributed by atoms with van der Waals surface area (Å²) in [4.78, 5) is 15.2. The van der Waals surface area contributed by atoms with E-state index in [1.54, 1.807) is 18.2 Å². The summed E-state index contributed by atoms with van der Waals surface area (Å²) in [6.07, 6.45) is 0.547. The van der Waals surface area contributed by atoms with Gasteiger partial charge in [0.2, 0.25) is 15.9 Å². The van der Waals surface area contributed by atoms with Crippen molar-refractivity contribution in [1.82, 2.24) is 20.1 Å². The number of likely N-dealkylation sites (N-methyl/N-ethyl adjacent to an activating group) is 1. The largest absolute Gasteiger partial charge is 0.325 e. The second-order valence-electron chi connectivity index (χ2n) is 8.04. The number of amides is 1. The van der Waals surface area contributed by atoms with Gasteiger partial charge in [0.1, 0.15) is 6.04 Å². The molecule has 2 aromatic rings. The summed E-state index contributed by atoms with van der Waals surface area (Å²) in [6.45, 7) is 5.37. The Balaban J connectivity index is 1.40. The number of hydrogen-bond acceptors (Lipinski definition) is 6. The molecule has 4 rings (SSSR count). The zero-order chi connectivity index (χ0) is 22.7. The van der Waals surface area contributed by atoms with Crippen molar-refractivity contribution in [3.8, 4) is 0 Å². The highest BCUT2D eigenvalue weighted by Crippen LogP contribution is 2.26. The molecule has 2 aliphatic heterocycles. The molecule has 3 N–H and O–H groups in total. The van der Waals surface area contributed by atoms with Gasteiger partial charge in [-0.1, -0.05) is 36.7 Å². The van der Waals surface area contributed by atoms with Crippen LogP contribution in [0.1, 0.15) is 24.9 Å². The van der Waals surface area contributed by atoms with Crippen LogP contribution in [-0.2, 0) is 14.8 Å². The van der Waals surface area contributed by atoms with Gasteiger partial charge in [0.25, 0.3) is 0 Å². The fourth-order valence-corrected chi connectivity index (χ4v) is 5.74. The van der Waals surface area contributed by atoms with Crippen molar-refractivity contribution in [2.75, 3.05) is 38.0 Å². The molecule has 2 fully saturated rings. The Morgan fingerprint density at radius 2 is 1.84 bits per heavy atom. The highest BCUT2D eigenvalue weighted by atomic mass is 35.5. The second kappa shape index (κ2) is 9.86. The molecular formula is C22H28ClN5O3S. The minimum absolute atomic E-state index is 0.0436. The van der Waals surface area contributed by atoms with Crippen molar-refractivity contribution in [2.45, 2.75) is 30.3 Å². The number of sulfonamides is 1. The molecule has 2 saturated heterocycles. The SMILES string of the molecule is CCN1CCN(S(=O)(=O)c2cccc(NC(=O)C3CC(c4cccc(Cl)c4)NN3)c2)CC1. The molecule has 1 amide bonds. The van der Waals surface area contributed by atoms with Crippen LogP contribution < -0.4 is 16.2 Å². The molecule has 2 aliphatic rings. The maximum absolute atomic E-state index is 13.1. The van der Waals surface area contributed by atoms with Gasteiger partial charge in [0.15, 0.2) is 0 Å². The summed E-state index contributed by atoms with van der Waals surface area (Å²) in [7, 11) is -3.60. The number of nitrogens with one attached hydrogen (secondary N) is 3. The van der Waals surface area contributed by atoms with Crippen molar-refractivity contribution in [1.29, 1.82) is 0 Å². The molecule has 0 saturated carbocycles. The van der Waals surface area contributed by atoms with E-state index in [9.17, 15) is 13.2 Å². The van der Waals surface area contributed by atoms with Gasteiger partial charge in [0.05, 0.1) is 4.90 Å². The topological polar surface area (TPSA) is 93.8 Å². The molecule has 2 aromatic carbocycles. The Morgan fingerprint density at radius 3 is 2.56 bits per heavy atom. The molecule has 8 nitrogen and oxygen atoms in total. The summed E-state index contributed by atoms with van der Waals surface area (Å²) in [6, 6.07) is 13.5. The quantitative estimate of drug-likeness (QED) is 0.590. The number of rotatable bonds is 6. The molecule has 10 heteroatoms. The number of anilines is 1. The Labute approximate surface area is 193 Å². The Kier molecular flexibility index (Phi) is 7.14. The van der Waals surface area contributed by atoms with E-state index < -0.39 is 16.1 Å². The highest BCUT2D eigenvalue weighted by Gasteiger charge is 2.31. The molecular weight excluding hydrogens is 450 g/mol. The zero-order valence-corrected chi connectivity index (χ0v) is 19.5. The monoisotopic (exact) mass is 477 g/mol. The molecule has 0 bridgehead atoms. The number of halogens is 1. The van der Waals surface area contributed by atoms with E-state index in [2.05, 4.69) is 28.0 Å². The van der Waals surface area contributed by atoms with Gasteiger partial charge < -0.3 is 10.2 Å². The van der Waals surface area contributed by atoms with Gasteiger partial charge in [0, 0.05) is 42.9 Å². The number of hydrogen-bond donors (Lipinski definition) is 3. The van der Waals surface area contributed by atoms with Crippen molar-refractivity contribution >= 4 is 33.2 Å². The van der Waals surface area contributed by atoms with E-state index in [1.807, 2.05) is 24.3 Å². The lowest BCUT2D eigenvalue weighted by Gasteiger charge is -2.33. The van der Waals surface area contributed by atoms with E-state index in [0.717, 1.165) is 25.2 Å². The van der Waals surface area contributed by atoms with Crippen molar-refractivity contribution in [3.63, 3.8) is 0 Å². The number of benzene rings is 2. The van der Waals surface area contributed by atoms with Crippen LogP contribution in [-0.4, -0.2) is 62.3 Å². The van der Waals surface area contributed by atoms with E-state index in [-0.39, 0.29) is 16.8 Å². The fourth-order valence-electron chi connectivity index (χ4n) is 4.07. The van der Waals surface area contributed by atoms with Crippen LogP contribution in [0.3, 0.4) is 0 Å². The van der Waals surface area contributed by atoms with Gasteiger partial charge >= 0.3 is 0 Å². The van der Waals surface area contributed by atoms with Gasteiger partial charge in [-0.15, -0.1) is 0 Å². The van der Waals surface area contributed by atoms with Gasteiger partial charge in [-0.3, -0.25) is 4.79 Å². The van der Waals surface area contributed by atoms with Crippen LogP contribution in [0.2, 0.25) is 5.02 Å². The van der Waals surface area contributed by atoms with Crippen LogP contribution in [0.5, 0.6) is 0 Å². The number of carbonyl (C=O) groups excluding carboxylic acids is 1. The smallest absolute Gasteiger partial charge is 0.243 e.